The maximum atomic E-state index is 9.77. The van der Waals surface area contributed by atoms with E-state index < -0.39 is 0 Å². The topological polar surface area (TPSA) is 65.2 Å². The molecule has 5 heteroatoms. The minimum atomic E-state index is 0. The third kappa shape index (κ3) is 5.33. The molecule has 23 heavy (non-hydrogen) atoms. The fourth-order valence-corrected chi connectivity index (χ4v) is 2.16. The number of aliphatic imine (C=N–C) groups is 2. The van der Waals surface area contributed by atoms with Crippen LogP contribution >= 0.6 is 0 Å². The number of hydrogen-bond acceptors (Lipinski definition) is 4. The van der Waals surface area contributed by atoms with Crippen molar-refractivity contribution < 1.29 is 31.3 Å². The van der Waals surface area contributed by atoms with E-state index in [1.165, 1.54) is 0 Å². The number of hydrogen-bond donors (Lipinski definition) is 2. The molecule has 0 atom stereocenters. The molecule has 2 aromatic rings. The van der Waals surface area contributed by atoms with Crippen LogP contribution in [0.4, 0.5) is 0 Å². The summed E-state index contributed by atoms with van der Waals surface area (Å²) >= 11 is 0. The van der Waals surface area contributed by atoms with Gasteiger partial charge in [-0.05, 0) is 38.1 Å². The molecular weight excluding hydrogens is 471 g/mol. The zero-order chi connectivity index (χ0) is 15.9. The minimum absolute atomic E-state index is 0. The molecule has 4 nitrogen and oxygen atoms in total. The molecular formula is C18H20N2O2Pt. The van der Waals surface area contributed by atoms with Gasteiger partial charge in [0.25, 0.3) is 0 Å². The van der Waals surface area contributed by atoms with E-state index in [9.17, 15) is 10.2 Å². The molecule has 0 aliphatic heterocycles. The molecule has 0 unspecified atom stereocenters. The van der Waals surface area contributed by atoms with Gasteiger partial charge < -0.3 is 10.2 Å². The van der Waals surface area contributed by atoms with Crippen molar-refractivity contribution in [3.63, 3.8) is 0 Å². The fraction of sp³-hybridized carbons (Fsp3) is 0.222. The number of phenolic OH excluding ortho intramolecular Hbond substituents is 2. The van der Waals surface area contributed by atoms with Crippen molar-refractivity contribution in [2.45, 2.75) is 13.8 Å². The predicted molar refractivity (Wildman–Crippen MR) is 90.4 cm³/mol. The van der Waals surface area contributed by atoms with E-state index in [0.717, 1.165) is 22.6 Å². The van der Waals surface area contributed by atoms with Gasteiger partial charge in [0.15, 0.2) is 0 Å². The van der Waals surface area contributed by atoms with E-state index >= 15 is 0 Å². The second-order valence-corrected chi connectivity index (χ2v) is 4.97. The maximum absolute atomic E-state index is 9.77. The van der Waals surface area contributed by atoms with Crippen molar-refractivity contribution in [1.29, 1.82) is 0 Å². The molecule has 0 aliphatic carbocycles. The first kappa shape index (κ1) is 19.1. The Morgan fingerprint density at radius 3 is 1.43 bits per heavy atom. The zero-order valence-electron chi connectivity index (χ0n) is 13.1. The van der Waals surface area contributed by atoms with E-state index in [0.29, 0.717) is 13.1 Å². The number of aromatic hydroxyl groups is 2. The minimum Gasteiger partial charge on any atom is -0.507 e. The zero-order valence-corrected chi connectivity index (χ0v) is 15.4. The van der Waals surface area contributed by atoms with Crippen molar-refractivity contribution in [1.82, 2.24) is 0 Å². The van der Waals surface area contributed by atoms with Gasteiger partial charge in [0, 0.05) is 43.6 Å². The number of nitrogens with zero attached hydrogens (tertiary/aromatic N) is 2. The van der Waals surface area contributed by atoms with Gasteiger partial charge in [0.2, 0.25) is 0 Å². The first-order valence-electron chi connectivity index (χ1n) is 7.18. The number of benzene rings is 2. The maximum Gasteiger partial charge on any atom is 0.124 e. The van der Waals surface area contributed by atoms with E-state index in [4.69, 9.17) is 0 Å². The Morgan fingerprint density at radius 1 is 0.739 bits per heavy atom. The monoisotopic (exact) mass is 491 g/mol. The molecule has 0 aromatic heterocycles. The van der Waals surface area contributed by atoms with Crippen molar-refractivity contribution in [3.05, 3.63) is 59.7 Å². The fourth-order valence-electron chi connectivity index (χ4n) is 2.16. The molecule has 2 aromatic carbocycles. The Balaban J connectivity index is 0.00000264. The van der Waals surface area contributed by atoms with Gasteiger partial charge in [0.1, 0.15) is 11.5 Å². The summed E-state index contributed by atoms with van der Waals surface area (Å²) < 4.78 is 0. The summed E-state index contributed by atoms with van der Waals surface area (Å²) in [7, 11) is 0. The average Bonchev–Trinajstić information content (AvgIpc) is 2.52. The van der Waals surface area contributed by atoms with Crippen molar-refractivity contribution in [2.24, 2.45) is 9.98 Å². The summed E-state index contributed by atoms with van der Waals surface area (Å²) in [6, 6.07) is 14.3. The predicted octanol–water partition coefficient (Wildman–Crippen LogP) is 3.41. The molecule has 2 N–H and O–H groups in total. The molecule has 0 saturated heterocycles. The van der Waals surface area contributed by atoms with Crippen LogP contribution in [0.3, 0.4) is 0 Å². The second kappa shape index (κ2) is 9.26. The SMILES string of the molecule is CC(=NCCN=C(C)c1ccccc1O)c1ccccc1O.[Pt]. The van der Waals surface area contributed by atoms with Gasteiger partial charge in [-0.3, -0.25) is 9.98 Å². The molecule has 0 aliphatic rings. The van der Waals surface area contributed by atoms with Gasteiger partial charge in [-0.25, -0.2) is 0 Å². The Morgan fingerprint density at radius 2 is 1.09 bits per heavy atom. The van der Waals surface area contributed by atoms with Crippen molar-refractivity contribution in [3.8, 4) is 11.5 Å². The Hall–Kier alpha value is -1.93. The first-order chi connectivity index (χ1) is 10.6. The largest absolute Gasteiger partial charge is 0.507 e. The summed E-state index contributed by atoms with van der Waals surface area (Å²) in [5, 5.41) is 19.5. The van der Waals surface area contributed by atoms with Crippen molar-refractivity contribution in [2.75, 3.05) is 13.1 Å². The van der Waals surface area contributed by atoms with Crippen molar-refractivity contribution >= 4 is 11.4 Å². The first-order valence-corrected chi connectivity index (χ1v) is 7.18. The molecule has 0 heterocycles. The van der Waals surface area contributed by atoms with Crippen LogP contribution in [-0.4, -0.2) is 34.7 Å². The summed E-state index contributed by atoms with van der Waals surface area (Å²) in [6.07, 6.45) is 0. The van der Waals surface area contributed by atoms with Crippen LogP contribution in [0.5, 0.6) is 11.5 Å². The molecule has 2 rings (SSSR count). The third-order valence-electron chi connectivity index (χ3n) is 3.39. The molecule has 0 bridgehead atoms. The quantitative estimate of drug-likeness (QED) is 0.498. The number of para-hydroxylation sites is 2. The number of rotatable bonds is 5. The second-order valence-electron chi connectivity index (χ2n) is 4.97. The van der Waals surface area contributed by atoms with Crippen LogP contribution in [0.1, 0.15) is 25.0 Å². The Labute approximate surface area is 150 Å². The van der Waals surface area contributed by atoms with Crippen LogP contribution in [0.2, 0.25) is 0 Å². The van der Waals surface area contributed by atoms with E-state index in [1.807, 2.05) is 38.1 Å². The number of phenols is 2. The van der Waals surface area contributed by atoms with Gasteiger partial charge in [-0.15, -0.1) is 0 Å². The smallest absolute Gasteiger partial charge is 0.124 e. The molecule has 0 saturated carbocycles. The molecule has 0 fully saturated rings. The van der Waals surface area contributed by atoms with Crippen LogP contribution in [0.25, 0.3) is 0 Å². The van der Waals surface area contributed by atoms with Gasteiger partial charge in [-0.1, -0.05) is 24.3 Å². The molecule has 0 spiro atoms. The van der Waals surface area contributed by atoms with Crippen LogP contribution in [0.15, 0.2) is 58.5 Å². The van der Waals surface area contributed by atoms with Crippen LogP contribution < -0.4 is 0 Å². The Kier molecular flexibility index (Phi) is 7.70. The van der Waals surface area contributed by atoms with Gasteiger partial charge >= 0.3 is 0 Å². The van der Waals surface area contributed by atoms with E-state index in [1.54, 1.807) is 24.3 Å². The summed E-state index contributed by atoms with van der Waals surface area (Å²) in [5.41, 5.74) is 3.05. The molecule has 0 radical (unpaired) electrons. The summed E-state index contributed by atoms with van der Waals surface area (Å²) in [4.78, 5) is 8.86. The molecule has 124 valence electrons. The normalized spacial score (nSPS) is 11.9. The van der Waals surface area contributed by atoms with Gasteiger partial charge in [-0.2, -0.15) is 0 Å². The van der Waals surface area contributed by atoms with Gasteiger partial charge in [0.05, 0.1) is 13.1 Å². The third-order valence-corrected chi connectivity index (χ3v) is 3.39. The summed E-state index contributed by atoms with van der Waals surface area (Å²) in [5.74, 6) is 0.468. The summed E-state index contributed by atoms with van der Waals surface area (Å²) in [6.45, 7) is 4.81. The van der Waals surface area contributed by atoms with E-state index in [2.05, 4.69) is 9.98 Å². The van der Waals surface area contributed by atoms with E-state index in [-0.39, 0.29) is 32.6 Å². The molecule has 0 amide bonds. The Bertz CT molecular complexity index is 650. The average molecular weight is 491 g/mol. The van der Waals surface area contributed by atoms with Crippen LogP contribution in [0, 0.1) is 0 Å². The standard InChI is InChI=1S/C18H20N2O2.Pt/c1-13(15-7-3-5-9-17(15)21)19-11-12-20-14(2)16-8-4-6-10-18(16)22;/h3-10,21-22H,11-12H2,1-2H3;. The van der Waals surface area contributed by atoms with Crippen LogP contribution in [-0.2, 0) is 21.1 Å².